The number of carboxylic acid groups (broad SMARTS) is 1. The Labute approximate surface area is 133 Å². The summed E-state index contributed by atoms with van der Waals surface area (Å²) in [5.74, 6) is -0.913. The number of hydrogen-bond donors (Lipinski definition) is 1. The Morgan fingerprint density at radius 2 is 2.24 bits per heavy atom. The second-order valence-electron chi connectivity index (χ2n) is 5.07. The van der Waals surface area contributed by atoms with Crippen LogP contribution in [0.15, 0.2) is 35.0 Å². The largest absolute Gasteiger partial charge is 0.478 e. The summed E-state index contributed by atoms with van der Waals surface area (Å²) in [5.41, 5.74) is 0.955. The van der Waals surface area contributed by atoms with Gasteiger partial charge in [-0.25, -0.2) is 4.79 Å². The van der Waals surface area contributed by atoms with Crippen LogP contribution in [0.3, 0.4) is 0 Å². The van der Waals surface area contributed by atoms with Crippen LogP contribution in [-0.2, 0) is 17.8 Å². The first kappa shape index (κ1) is 15.9. The van der Waals surface area contributed by atoms with Crippen molar-refractivity contribution in [2.45, 2.75) is 25.9 Å². The molecule has 0 aliphatic heterocycles. The second-order valence-corrected chi connectivity index (χ2v) is 7.09. The number of aliphatic carboxylic acids is 1. The minimum Gasteiger partial charge on any atom is -0.478 e. The summed E-state index contributed by atoms with van der Waals surface area (Å²) in [6.45, 7) is 3.12. The number of nitrogens with zero attached hydrogens (tertiary/aromatic N) is 1. The van der Waals surface area contributed by atoms with Gasteiger partial charge in [-0.05, 0) is 54.9 Å². The van der Waals surface area contributed by atoms with Gasteiger partial charge in [-0.2, -0.15) is 0 Å². The molecule has 0 radical (unpaired) electrons. The number of hydrogen-bond acceptors (Lipinski definition) is 4. The topological polar surface area (TPSA) is 40.5 Å². The highest BCUT2D eigenvalue weighted by atomic mass is 32.1. The third kappa shape index (κ3) is 5.12. The Hall–Kier alpha value is -1.43. The number of carboxylic acids is 1. The van der Waals surface area contributed by atoms with E-state index in [9.17, 15) is 4.79 Å². The van der Waals surface area contributed by atoms with Crippen LogP contribution in [0.1, 0.15) is 22.2 Å². The molecule has 0 aliphatic carbocycles. The maximum absolute atomic E-state index is 10.5. The molecule has 0 aromatic carbocycles. The Morgan fingerprint density at radius 1 is 1.43 bits per heavy atom. The van der Waals surface area contributed by atoms with Gasteiger partial charge in [0, 0.05) is 28.4 Å². The van der Waals surface area contributed by atoms with Crippen molar-refractivity contribution in [2.24, 2.45) is 0 Å². The molecule has 1 unspecified atom stereocenters. The summed E-state index contributed by atoms with van der Waals surface area (Å²) in [7, 11) is 2.13. The molecular formula is C16H19NO2S2. The zero-order valence-corrected chi connectivity index (χ0v) is 13.8. The molecule has 0 saturated heterocycles. The highest BCUT2D eigenvalue weighted by Crippen LogP contribution is 2.20. The summed E-state index contributed by atoms with van der Waals surface area (Å²) in [5, 5.41) is 12.7. The van der Waals surface area contributed by atoms with Crippen molar-refractivity contribution in [3.05, 3.63) is 50.4 Å². The number of carbonyl (C=O) groups is 1. The van der Waals surface area contributed by atoms with E-state index < -0.39 is 5.97 Å². The van der Waals surface area contributed by atoms with Gasteiger partial charge in [-0.15, -0.1) is 22.7 Å². The minimum absolute atomic E-state index is 0.476. The van der Waals surface area contributed by atoms with Gasteiger partial charge in [0.05, 0.1) is 0 Å². The Morgan fingerprint density at radius 3 is 2.90 bits per heavy atom. The van der Waals surface area contributed by atoms with E-state index >= 15 is 0 Å². The molecule has 5 heteroatoms. The van der Waals surface area contributed by atoms with Crippen LogP contribution in [0.4, 0.5) is 0 Å². The molecule has 0 amide bonds. The lowest BCUT2D eigenvalue weighted by atomic mass is 10.2. The molecule has 0 spiro atoms. The monoisotopic (exact) mass is 321 g/mol. The molecule has 3 nitrogen and oxygen atoms in total. The minimum atomic E-state index is -0.913. The van der Waals surface area contributed by atoms with Gasteiger partial charge >= 0.3 is 5.97 Å². The fourth-order valence-electron chi connectivity index (χ4n) is 2.01. The third-order valence-corrected chi connectivity index (χ3v) is 5.17. The highest BCUT2D eigenvalue weighted by Gasteiger charge is 2.12. The predicted molar refractivity (Wildman–Crippen MR) is 89.9 cm³/mol. The fraction of sp³-hybridized carbons (Fsp3) is 0.312. The average Bonchev–Trinajstić information content (AvgIpc) is 3.08. The molecule has 0 aliphatic rings. The van der Waals surface area contributed by atoms with Crippen LogP contribution < -0.4 is 0 Å². The number of thiophene rings is 2. The van der Waals surface area contributed by atoms with Gasteiger partial charge in [0.25, 0.3) is 0 Å². The molecule has 2 aromatic rings. The van der Waals surface area contributed by atoms with E-state index in [1.165, 1.54) is 15.8 Å². The first-order chi connectivity index (χ1) is 10.0. The lowest BCUT2D eigenvalue weighted by Gasteiger charge is -2.23. The van der Waals surface area contributed by atoms with E-state index in [1.54, 1.807) is 28.7 Å². The molecule has 2 aromatic heterocycles. The first-order valence-electron chi connectivity index (χ1n) is 6.75. The van der Waals surface area contributed by atoms with E-state index in [2.05, 4.69) is 42.5 Å². The van der Waals surface area contributed by atoms with E-state index in [1.807, 2.05) is 5.38 Å². The number of likely N-dealkylation sites (N-methyl/N-ethyl adjacent to an activating group) is 1. The van der Waals surface area contributed by atoms with Gasteiger partial charge in [0.2, 0.25) is 0 Å². The normalized spacial score (nSPS) is 13.1. The van der Waals surface area contributed by atoms with Gasteiger partial charge in [0.1, 0.15) is 0 Å². The predicted octanol–water partition coefficient (Wildman–Crippen LogP) is 3.97. The van der Waals surface area contributed by atoms with Gasteiger partial charge in [-0.3, -0.25) is 4.90 Å². The van der Waals surface area contributed by atoms with E-state index in [-0.39, 0.29) is 0 Å². The maximum atomic E-state index is 10.5. The van der Waals surface area contributed by atoms with E-state index in [0.717, 1.165) is 18.5 Å². The molecule has 1 N–H and O–H groups in total. The first-order valence-corrected chi connectivity index (χ1v) is 8.51. The summed E-state index contributed by atoms with van der Waals surface area (Å²) in [6.07, 6.45) is 3.87. The van der Waals surface area contributed by atoms with Crippen molar-refractivity contribution in [3.8, 4) is 0 Å². The van der Waals surface area contributed by atoms with Gasteiger partial charge in [-0.1, -0.05) is 6.07 Å². The van der Waals surface area contributed by atoms with Gasteiger partial charge in [0.15, 0.2) is 0 Å². The van der Waals surface area contributed by atoms with Crippen molar-refractivity contribution in [2.75, 3.05) is 7.05 Å². The lowest BCUT2D eigenvalue weighted by Crippen LogP contribution is -2.29. The van der Waals surface area contributed by atoms with Crippen molar-refractivity contribution < 1.29 is 9.90 Å². The molecule has 0 fully saturated rings. The quantitative estimate of drug-likeness (QED) is 0.785. The van der Waals surface area contributed by atoms with Crippen molar-refractivity contribution >= 4 is 34.7 Å². The molecule has 0 bridgehead atoms. The van der Waals surface area contributed by atoms with Crippen LogP contribution in [0.25, 0.3) is 6.08 Å². The average molecular weight is 321 g/mol. The van der Waals surface area contributed by atoms with Crippen molar-refractivity contribution in [1.82, 2.24) is 4.90 Å². The van der Waals surface area contributed by atoms with Crippen LogP contribution in [0.2, 0.25) is 0 Å². The molecule has 2 rings (SSSR count). The standard InChI is InChI=1S/C16H19NO2S2/c1-12(8-14-4-3-7-20-14)17(2)10-15-9-13(11-21-15)5-6-16(18)19/h3-7,9,11-12H,8,10H2,1-2H3,(H,18,19). The highest BCUT2D eigenvalue weighted by molar-refractivity contribution is 7.10. The van der Waals surface area contributed by atoms with E-state index in [4.69, 9.17) is 5.11 Å². The van der Waals surface area contributed by atoms with Crippen LogP contribution in [-0.4, -0.2) is 29.1 Å². The Bertz CT molecular complexity index is 602. The second kappa shape index (κ2) is 7.54. The molecule has 2 heterocycles. The molecule has 0 saturated carbocycles. The molecular weight excluding hydrogens is 302 g/mol. The zero-order chi connectivity index (χ0) is 15.2. The van der Waals surface area contributed by atoms with Crippen molar-refractivity contribution in [1.29, 1.82) is 0 Å². The van der Waals surface area contributed by atoms with Crippen LogP contribution >= 0.6 is 22.7 Å². The smallest absolute Gasteiger partial charge is 0.328 e. The number of rotatable bonds is 7. The van der Waals surface area contributed by atoms with Crippen LogP contribution in [0.5, 0.6) is 0 Å². The summed E-state index contributed by atoms with van der Waals surface area (Å²) in [4.78, 5) is 15.5. The molecule has 1 atom stereocenters. The maximum Gasteiger partial charge on any atom is 0.328 e. The summed E-state index contributed by atoms with van der Waals surface area (Å²) in [6, 6.07) is 6.80. The fourth-order valence-corrected chi connectivity index (χ4v) is 3.76. The van der Waals surface area contributed by atoms with Crippen LogP contribution in [0, 0.1) is 0 Å². The Balaban J connectivity index is 1.90. The summed E-state index contributed by atoms with van der Waals surface area (Å²) < 4.78 is 0. The molecule has 112 valence electrons. The zero-order valence-electron chi connectivity index (χ0n) is 12.2. The van der Waals surface area contributed by atoms with Crippen molar-refractivity contribution in [3.63, 3.8) is 0 Å². The Kier molecular flexibility index (Phi) is 5.73. The third-order valence-electron chi connectivity index (χ3n) is 3.33. The van der Waals surface area contributed by atoms with E-state index in [0.29, 0.717) is 6.04 Å². The molecule has 21 heavy (non-hydrogen) atoms. The lowest BCUT2D eigenvalue weighted by molar-refractivity contribution is -0.131. The van der Waals surface area contributed by atoms with Gasteiger partial charge < -0.3 is 5.11 Å². The summed E-state index contributed by atoms with van der Waals surface area (Å²) >= 11 is 3.47. The SMILES string of the molecule is CC(Cc1cccs1)N(C)Cc1cc(C=CC(=O)O)cs1.